The largest absolute Gasteiger partial charge is 0.408 e. The molecular weight excluding hydrogens is 231 g/mol. The summed E-state index contributed by atoms with van der Waals surface area (Å²) in [7, 11) is 0. The monoisotopic (exact) mass is 243 g/mol. The first-order valence-electron chi connectivity index (χ1n) is 5.40. The molecule has 0 bridgehead atoms. The van der Waals surface area contributed by atoms with Gasteiger partial charge in [0.2, 0.25) is 5.91 Å². The van der Waals surface area contributed by atoms with E-state index >= 15 is 0 Å². The average molecular weight is 243 g/mol. The number of carbonyl (C=O) groups excluding carboxylic acids is 1. The lowest BCUT2D eigenvalue weighted by Crippen LogP contribution is -2.50. The van der Waals surface area contributed by atoms with Crippen LogP contribution in [0.15, 0.2) is 30.3 Å². The molecule has 0 aromatic heterocycles. The summed E-state index contributed by atoms with van der Waals surface area (Å²) < 4.78 is 37.3. The SMILES string of the molecule is O=C1NC(C(F)(F)F)CCC1c1ccccc1. The summed E-state index contributed by atoms with van der Waals surface area (Å²) in [6, 6.07) is 7.19. The minimum atomic E-state index is -4.35. The van der Waals surface area contributed by atoms with Crippen molar-refractivity contribution in [3.8, 4) is 0 Å². The topological polar surface area (TPSA) is 29.1 Å². The first-order chi connectivity index (χ1) is 7.98. The Labute approximate surface area is 96.8 Å². The van der Waals surface area contributed by atoms with Crippen molar-refractivity contribution >= 4 is 5.91 Å². The third kappa shape index (κ3) is 2.60. The molecule has 0 spiro atoms. The number of hydrogen-bond acceptors (Lipinski definition) is 1. The van der Waals surface area contributed by atoms with Crippen LogP contribution in [0.4, 0.5) is 13.2 Å². The van der Waals surface area contributed by atoms with E-state index in [9.17, 15) is 18.0 Å². The molecular formula is C12H12F3NO. The van der Waals surface area contributed by atoms with Crippen LogP contribution in [-0.2, 0) is 4.79 Å². The van der Waals surface area contributed by atoms with Crippen LogP contribution in [0.25, 0.3) is 0 Å². The van der Waals surface area contributed by atoms with E-state index in [0.717, 1.165) is 5.56 Å². The van der Waals surface area contributed by atoms with Crippen molar-refractivity contribution in [3.05, 3.63) is 35.9 Å². The molecule has 1 amide bonds. The van der Waals surface area contributed by atoms with Crippen LogP contribution in [0.1, 0.15) is 24.3 Å². The molecule has 5 heteroatoms. The van der Waals surface area contributed by atoms with Gasteiger partial charge in [0.25, 0.3) is 0 Å². The van der Waals surface area contributed by atoms with E-state index in [-0.39, 0.29) is 12.8 Å². The zero-order valence-electron chi connectivity index (χ0n) is 9.00. The second kappa shape index (κ2) is 4.39. The van der Waals surface area contributed by atoms with Crippen molar-refractivity contribution in [1.82, 2.24) is 5.32 Å². The van der Waals surface area contributed by atoms with Gasteiger partial charge in [-0.3, -0.25) is 4.79 Å². The van der Waals surface area contributed by atoms with Crippen molar-refractivity contribution in [2.75, 3.05) is 0 Å². The lowest BCUT2D eigenvalue weighted by atomic mass is 9.88. The van der Waals surface area contributed by atoms with Crippen molar-refractivity contribution < 1.29 is 18.0 Å². The summed E-state index contributed by atoms with van der Waals surface area (Å²) in [5.41, 5.74) is 0.769. The third-order valence-electron chi connectivity index (χ3n) is 2.97. The Morgan fingerprint density at radius 3 is 2.29 bits per heavy atom. The van der Waals surface area contributed by atoms with E-state index in [0.29, 0.717) is 0 Å². The summed E-state index contributed by atoms with van der Waals surface area (Å²) >= 11 is 0. The van der Waals surface area contributed by atoms with E-state index in [2.05, 4.69) is 0 Å². The van der Waals surface area contributed by atoms with E-state index in [4.69, 9.17) is 0 Å². The fourth-order valence-electron chi connectivity index (χ4n) is 2.06. The summed E-state index contributed by atoms with van der Waals surface area (Å²) in [5.74, 6) is -1.00. The minimum Gasteiger partial charge on any atom is -0.344 e. The molecule has 0 aliphatic carbocycles. The van der Waals surface area contributed by atoms with Gasteiger partial charge in [0.15, 0.2) is 0 Å². The molecule has 1 aliphatic heterocycles. The maximum absolute atomic E-state index is 12.4. The molecule has 92 valence electrons. The quantitative estimate of drug-likeness (QED) is 0.807. The molecule has 1 aromatic rings. The first-order valence-corrected chi connectivity index (χ1v) is 5.40. The molecule has 1 saturated heterocycles. The Kier molecular flexibility index (Phi) is 3.09. The normalized spacial score (nSPS) is 25.5. The number of halogens is 3. The fraction of sp³-hybridized carbons (Fsp3) is 0.417. The van der Waals surface area contributed by atoms with Gasteiger partial charge in [-0.25, -0.2) is 0 Å². The minimum absolute atomic E-state index is 0.0607. The number of alkyl halides is 3. The van der Waals surface area contributed by atoms with Gasteiger partial charge in [-0.15, -0.1) is 0 Å². The molecule has 1 aliphatic rings. The highest BCUT2D eigenvalue weighted by Crippen LogP contribution is 2.32. The number of piperidine rings is 1. The van der Waals surface area contributed by atoms with Crippen LogP contribution in [0.5, 0.6) is 0 Å². The van der Waals surface area contributed by atoms with Crippen LogP contribution < -0.4 is 5.32 Å². The van der Waals surface area contributed by atoms with Crippen molar-refractivity contribution in [2.24, 2.45) is 0 Å². The third-order valence-corrected chi connectivity index (χ3v) is 2.97. The van der Waals surface area contributed by atoms with E-state index in [1.807, 2.05) is 11.4 Å². The van der Waals surface area contributed by atoms with Crippen LogP contribution >= 0.6 is 0 Å². The maximum atomic E-state index is 12.4. The molecule has 2 rings (SSSR count). The first kappa shape index (κ1) is 12.0. The highest BCUT2D eigenvalue weighted by Gasteiger charge is 2.44. The van der Waals surface area contributed by atoms with E-state index in [1.54, 1.807) is 24.3 Å². The number of hydrogen-bond donors (Lipinski definition) is 1. The predicted molar refractivity (Wildman–Crippen MR) is 56.4 cm³/mol. The number of amides is 1. The Hall–Kier alpha value is -1.52. The Bertz CT molecular complexity index is 402. The van der Waals surface area contributed by atoms with Crippen LogP contribution in [0.3, 0.4) is 0 Å². The smallest absolute Gasteiger partial charge is 0.344 e. The number of nitrogens with one attached hydrogen (secondary N) is 1. The lowest BCUT2D eigenvalue weighted by molar-refractivity contribution is -0.168. The zero-order valence-corrected chi connectivity index (χ0v) is 9.00. The van der Waals surface area contributed by atoms with Gasteiger partial charge in [-0.05, 0) is 18.4 Å². The van der Waals surface area contributed by atoms with Gasteiger partial charge in [-0.2, -0.15) is 13.2 Å². The van der Waals surface area contributed by atoms with Gasteiger partial charge >= 0.3 is 6.18 Å². The lowest BCUT2D eigenvalue weighted by Gasteiger charge is -2.30. The molecule has 1 heterocycles. The Morgan fingerprint density at radius 2 is 1.76 bits per heavy atom. The average Bonchev–Trinajstić information content (AvgIpc) is 2.29. The number of benzene rings is 1. The molecule has 2 unspecified atom stereocenters. The van der Waals surface area contributed by atoms with Gasteiger partial charge in [-0.1, -0.05) is 30.3 Å². The summed E-state index contributed by atoms with van der Waals surface area (Å²) in [6.07, 6.45) is -4.17. The molecule has 0 radical (unpaired) electrons. The second-order valence-electron chi connectivity index (χ2n) is 4.14. The molecule has 2 nitrogen and oxygen atoms in total. The molecule has 17 heavy (non-hydrogen) atoms. The summed E-state index contributed by atoms with van der Waals surface area (Å²) in [5, 5.41) is 2.04. The van der Waals surface area contributed by atoms with E-state index < -0.39 is 24.0 Å². The van der Waals surface area contributed by atoms with Gasteiger partial charge < -0.3 is 5.32 Å². The zero-order chi connectivity index (χ0) is 12.5. The highest BCUT2D eigenvalue weighted by molar-refractivity contribution is 5.84. The number of rotatable bonds is 1. The van der Waals surface area contributed by atoms with Crippen molar-refractivity contribution in [3.63, 3.8) is 0 Å². The summed E-state index contributed by atoms with van der Waals surface area (Å²) in [4.78, 5) is 11.6. The summed E-state index contributed by atoms with van der Waals surface area (Å²) in [6.45, 7) is 0. The fourth-order valence-corrected chi connectivity index (χ4v) is 2.06. The second-order valence-corrected chi connectivity index (χ2v) is 4.14. The molecule has 0 saturated carbocycles. The van der Waals surface area contributed by atoms with Gasteiger partial charge in [0.1, 0.15) is 6.04 Å². The Morgan fingerprint density at radius 1 is 1.12 bits per heavy atom. The van der Waals surface area contributed by atoms with E-state index in [1.165, 1.54) is 0 Å². The van der Waals surface area contributed by atoms with Crippen LogP contribution in [-0.4, -0.2) is 18.1 Å². The predicted octanol–water partition coefficient (Wildman–Crippen LogP) is 2.61. The molecule has 1 N–H and O–H groups in total. The van der Waals surface area contributed by atoms with Crippen LogP contribution in [0.2, 0.25) is 0 Å². The van der Waals surface area contributed by atoms with Crippen molar-refractivity contribution in [2.45, 2.75) is 31.0 Å². The van der Waals surface area contributed by atoms with Crippen molar-refractivity contribution in [1.29, 1.82) is 0 Å². The van der Waals surface area contributed by atoms with Crippen LogP contribution in [0, 0.1) is 0 Å². The maximum Gasteiger partial charge on any atom is 0.408 e. The highest BCUT2D eigenvalue weighted by atomic mass is 19.4. The van der Waals surface area contributed by atoms with Gasteiger partial charge in [0.05, 0.1) is 5.92 Å². The molecule has 1 aromatic carbocycles. The number of carbonyl (C=O) groups is 1. The van der Waals surface area contributed by atoms with Gasteiger partial charge in [0, 0.05) is 0 Å². The standard InChI is InChI=1S/C12H12F3NO/c13-12(14,15)10-7-6-9(11(17)16-10)8-4-2-1-3-5-8/h1-5,9-10H,6-7H2,(H,16,17). The Balaban J connectivity index is 2.10. The molecule has 2 atom stereocenters. The molecule has 1 fully saturated rings.